The van der Waals surface area contributed by atoms with Crippen LogP contribution in [0.2, 0.25) is 0 Å². The third kappa shape index (κ3) is 3.59. The number of anilines is 1. The van der Waals surface area contributed by atoms with Crippen LogP contribution in [0.1, 0.15) is 28.8 Å². The average Bonchev–Trinajstić information content (AvgIpc) is 2.38. The topological polar surface area (TPSA) is 49.3 Å². The lowest BCUT2D eigenvalue weighted by molar-refractivity contribution is -0.138. The van der Waals surface area contributed by atoms with Gasteiger partial charge in [-0.15, -0.1) is 0 Å². The van der Waals surface area contributed by atoms with Crippen LogP contribution in [-0.4, -0.2) is 28.6 Å². The summed E-state index contributed by atoms with van der Waals surface area (Å²) in [6.45, 7) is 0. The fourth-order valence-electron chi connectivity index (χ4n) is 2.13. The van der Waals surface area contributed by atoms with Crippen molar-refractivity contribution in [2.75, 3.05) is 16.8 Å². The molecule has 110 valence electrons. The van der Waals surface area contributed by atoms with E-state index in [1.54, 1.807) is 0 Å². The molecule has 1 aromatic carbocycles. The number of halogens is 3. The van der Waals surface area contributed by atoms with Gasteiger partial charge in [0, 0.05) is 11.7 Å². The Hall–Kier alpha value is -1.37. The second kappa shape index (κ2) is 5.95. The molecule has 0 radical (unpaired) electrons. The zero-order chi connectivity index (χ0) is 14.8. The van der Waals surface area contributed by atoms with Crippen molar-refractivity contribution in [3.8, 4) is 0 Å². The number of carbonyl (C=O) groups is 1. The summed E-state index contributed by atoms with van der Waals surface area (Å²) in [5.74, 6) is 0.395. The Labute approximate surface area is 118 Å². The highest BCUT2D eigenvalue weighted by molar-refractivity contribution is 7.99. The van der Waals surface area contributed by atoms with E-state index in [9.17, 15) is 18.0 Å². The van der Waals surface area contributed by atoms with Crippen molar-refractivity contribution in [3.05, 3.63) is 29.3 Å². The van der Waals surface area contributed by atoms with Gasteiger partial charge in [0.1, 0.15) is 0 Å². The summed E-state index contributed by atoms with van der Waals surface area (Å²) in [4.78, 5) is 10.8. The number of hydrogen-bond donors (Lipinski definition) is 2. The third-order valence-corrected chi connectivity index (χ3v) is 4.20. The maximum Gasteiger partial charge on any atom is 0.417 e. The van der Waals surface area contributed by atoms with E-state index in [2.05, 4.69) is 5.32 Å². The second-order valence-corrected chi connectivity index (χ2v) is 5.82. The van der Waals surface area contributed by atoms with E-state index < -0.39 is 23.3 Å². The van der Waals surface area contributed by atoms with Crippen molar-refractivity contribution in [1.29, 1.82) is 0 Å². The van der Waals surface area contributed by atoms with Crippen LogP contribution in [0.25, 0.3) is 0 Å². The number of alkyl halides is 3. The number of carboxylic acids is 1. The van der Waals surface area contributed by atoms with E-state index in [0.717, 1.165) is 36.5 Å². The van der Waals surface area contributed by atoms with Gasteiger partial charge in [-0.25, -0.2) is 4.79 Å². The van der Waals surface area contributed by atoms with Crippen LogP contribution in [0.5, 0.6) is 0 Å². The summed E-state index contributed by atoms with van der Waals surface area (Å²) in [5.41, 5.74) is -1.51. The fourth-order valence-corrected chi connectivity index (χ4v) is 3.24. The van der Waals surface area contributed by atoms with Crippen LogP contribution in [0.3, 0.4) is 0 Å². The van der Waals surface area contributed by atoms with Crippen LogP contribution in [-0.2, 0) is 6.18 Å². The summed E-state index contributed by atoms with van der Waals surface area (Å²) in [7, 11) is 0. The smallest absolute Gasteiger partial charge is 0.417 e. The Kier molecular flexibility index (Phi) is 4.47. The molecule has 1 saturated heterocycles. The van der Waals surface area contributed by atoms with E-state index in [1.165, 1.54) is 6.07 Å². The molecule has 0 aliphatic carbocycles. The lowest BCUT2D eigenvalue weighted by atomic mass is 10.0. The SMILES string of the molecule is O=C(O)c1ccc(NC2CCSCC2)cc1C(F)(F)F. The lowest BCUT2D eigenvalue weighted by Gasteiger charge is -2.24. The van der Waals surface area contributed by atoms with E-state index in [-0.39, 0.29) is 6.04 Å². The highest BCUT2D eigenvalue weighted by Gasteiger charge is 2.35. The first-order valence-corrected chi connectivity index (χ1v) is 7.32. The van der Waals surface area contributed by atoms with Crippen molar-refractivity contribution in [3.63, 3.8) is 0 Å². The Balaban J connectivity index is 2.25. The predicted molar refractivity (Wildman–Crippen MR) is 72.4 cm³/mol. The van der Waals surface area contributed by atoms with Gasteiger partial charge in [-0.1, -0.05) is 0 Å². The number of thioether (sulfide) groups is 1. The molecule has 1 aromatic rings. The van der Waals surface area contributed by atoms with Gasteiger partial charge in [-0.3, -0.25) is 0 Å². The molecular formula is C13H14F3NO2S. The van der Waals surface area contributed by atoms with E-state index in [0.29, 0.717) is 5.69 Å². The van der Waals surface area contributed by atoms with Gasteiger partial charge in [-0.2, -0.15) is 24.9 Å². The molecule has 1 aliphatic rings. The van der Waals surface area contributed by atoms with E-state index in [4.69, 9.17) is 5.11 Å². The highest BCUT2D eigenvalue weighted by atomic mass is 32.2. The van der Waals surface area contributed by atoms with Gasteiger partial charge in [0.25, 0.3) is 0 Å². The molecule has 0 spiro atoms. The highest BCUT2D eigenvalue weighted by Crippen LogP contribution is 2.34. The summed E-state index contributed by atoms with van der Waals surface area (Å²) >= 11 is 1.83. The van der Waals surface area contributed by atoms with Gasteiger partial charge in [0.05, 0.1) is 11.1 Å². The molecule has 0 saturated carbocycles. The number of nitrogens with one attached hydrogen (secondary N) is 1. The molecule has 1 fully saturated rings. The number of aromatic carboxylic acids is 1. The second-order valence-electron chi connectivity index (χ2n) is 4.59. The number of hydrogen-bond acceptors (Lipinski definition) is 3. The van der Waals surface area contributed by atoms with Gasteiger partial charge in [0.15, 0.2) is 0 Å². The Morgan fingerprint density at radius 2 is 1.95 bits per heavy atom. The minimum Gasteiger partial charge on any atom is -0.478 e. The number of benzene rings is 1. The molecule has 20 heavy (non-hydrogen) atoms. The molecule has 1 aliphatic heterocycles. The fraction of sp³-hybridized carbons (Fsp3) is 0.462. The van der Waals surface area contributed by atoms with Crippen LogP contribution >= 0.6 is 11.8 Å². The van der Waals surface area contributed by atoms with Crippen molar-refractivity contribution in [2.45, 2.75) is 25.1 Å². The van der Waals surface area contributed by atoms with Gasteiger partial charge in [0.2, 0.25) is 0 Å². The molecule has 0 amide bonds. The third-order valence-electron chi connectivity index (χ3n) is 3.15. The summed E-state index contributed by atoms with van der Waals surface area (Å²) in [5, 5.41) is 11.9. The van der Waals surface area contributed by atoms with Gasteiger partial charge in [-0.05, 0) is 42.5 Å². The minimum atomic E-state index is -4.67. The standard InChI is InChI=1S/C13H14F3NO2S/c14-13(15,16)11-7-9(1-2-10(11)12(18)19)17-8-3-5-20-6-4-8/h1-2,7-8,17H,3-6H2,(H,18,19). The molecule has 0 aromatic heterocycles. The van der Waals surface area contributed by atoms with Crippen LogP contribution < -0.4 is 5.32 Å². The monoisotopic (exact) mass is 305 g/mol. The molecule has 3 nitrogen and oxygen atoms in total. The minimum absolute atomic E-state index is 0.146. The van der Waals surface area contributed by atoms with Crippen molar-refractivity contribution in [2.24, 2.45) is 0 Å². The van der Waals surface area contributed by atoms with Gasteiger partial charge >= 0.3 is 12.1 Å². The predicted octanol–water partition coefficient (Wildman–Crippen LogP) is 3.71. The summed E-state index contributed by atoms with van der Waals surface area (Å²) < 4.78 is 38.6. The van der Waals surface area contributed by atoms with E-state index in [1.807, 2.05) is 11.8 Å². The first-order valence-electron chi connectivity index (χ1n) is 6.17. The normalized spacial score (nSPS) is 16.9. The molecule has 0 bridgehead atoms. The molecule has 0 unspecified atom stereocenters. The van der Waals surface area contributed by atoms with E-state index >= 15 is 0 Å². The quantitative estimate of drug-likeness (QED) is 0.894. The molecular weight excluding hydrogens is 291 g/mol. The van der Waals surface area contributed by atoms with Gasteiger partial charge < -0.3 is 10.4 Å². The zero-order valence-electron chi connectivity index (χ0n) is 10.5. The van der Waals surface area contributed by atoms with Crippen LogP contribution in [0.4, 0.5) is 18.9 Å². The summed E-state index contributed by atoms with van der Waals surface area (Å²) in [6, 6.07) is 3.42. The lowest BCUT2D eigenvalue weighted by Crippen LogP contribution is -2.25. The Morgan fingerprint density at radius 3 is 2.50 bits per heavy atom. The maximum absolute atomic E-state index is 12.9. The number of rotatable bonds is 3. The van der Waals surface area contributed by atoms with Crippen molar-refractivity contribution >= 4 is 23.4 Å². The molecule has 0 atom stereocenters. The molecule has 7 heteroatoms. The molecule has 2 rings (SSSR count). The first-order chi connectivity index (χ1) is 9.38. The van der Waals surface area contributed by atoms with Crippen LogP contribution in [0.15, 0.2) is 18.2 Å². The molecule has 2 N–H and O–H groups in total. The Morgan fingerprint density at radius 1 is 1.30 bits per heavy atom. The van der Waals surface area contributed by atoms with Crippen LogP contribution in [0, 0.1) is 0 Å². The molecule has 1 heterocycles. The zero-order valence-corrected chi connectivity index (χ0v) is 11.4. The summed E-state index contributed by atoms with van der Waals surface area (Å²) in [6.07, 6.45) is -2.88. The number of carboxylic acid groups (broad SMARTS) is 1. The Bertz CT molecular complexity index is 499. The average molecular weight is 305 g/mol. The first kappa shape index (κ1) is 15.0. The maximum atomic E-state index is 12.9. The van der Waals surface area contributed by atoms with Crippen molar-refractivity contribution in [1.82, 2.24) is 0 Å². The largest absolute Gasteiger partial charge is 0.478 e. The van der Waals surface area contributed by atoms with Crippen molar-refractivity contribution < 1.29 is 23.1 Å².